The second-order valence-corrected chi connectivity index (χ2v) is 8.10. The third kappa shape index (κ3) is 3.97. The Kier molecular flexibility index (Phi) is 5.03. The molecule has 130 valence electrons. The minimum absolute atomic E-state index is 0.212. The monoisotopic (exact) mass is 423 g/mol. The standard InChI is InChI=1S/C17H15BrFN3O2S/c1-20-25(23,24)13-5-2-11(3-6-13)10-21-17-7-4-12-8-14(18)15(19)9-16(12)22-17/h2-9,20H,10H2,1H3,(H,21,22). The van der Waals surface area contributed by atoms with E-state index in [0.29, 0.717) is 22.4 Å². The molecule has 0 amide bonds. The molecule has 0 radical (unpaired) electrons. The molecule has 0 aliphatic carbocycles. The van der Waals surface area contributed by atoms with Crippen molar-refractivity contribution in [3.8, 4) is 0 Å². The van der Waals surface area contributed by atoms with Gasteiger partial charge in [-0.2, -0.15) is 0 Å². The molecule has 1 heterocycles. The number of fused-ring (bicyclic) bond motifs is 1. The molecule has 0 saturated carbocycles. The van der Waals surface area contributed by atoms with E-state index in [-0.39, 0.29) is 10.7 Å². The quantitative estimate of drug-likeness (QED) is 0.656. The fraction of sp³-hybridized carbons (Fsp3) is 0.118. The summed E-state index contributed by atoms with van der Waals surface area (Å²) in [6.45, 7) is 0.470. The van der Waals surface area contributed by atoms with Gasteiger partial charge in [-0.25, -0.2) is 22.5 Å². The van der Waals surface area contributed by atoms with E-state index in [1.807, 2.05) is 12.1 Å². The molecule has 1 aromatic heterocycles. The Morgan fingerprint density at radius 1 is 1.12 bits per heavy atom. The second-order valence-electron chi connectivity index (χ2n) is 5.36. The van der Waals surface area contributed by atoms with Crippen LogP contribution in [-0.4, -0.2) is 20.4 Å². The molecule has 0 spiro atoms. The highest BCUT2D eigenvalue weighted by molar-refractivity contribution is 9.10. The van der Waals surface area contributed by atoms with Crippen LogP contribution in [0, 0.1) is 5.82 Å². The molecule has 8 heteroatoms. The molecule has 0 saturated heterocycles. The van der Waals surface area contributed by atoms with Crippen LogP contribution in [0.3, 0.4) is 0 Å². The summed E-state index contributed by atoms with van der Waals surface area (Å²) in [6, 6.07) is 13.3. The highest BCUT2D eigenvalue weighted by atomic mass is 79.9. The minimum atomic E-state index is -3.44. The lowest BCUT2D eigenvalue weighted by molar-refractivity contribution is 0.588. The van der Waals surface area contributed by atoms with Gasteiger partial charge in [-0.3, -0.25) is 0 Å². The lowest BCUT2D eigenvalue weighted by Gasteiger charge is -2.08. The highest BCUT2D eigenvalue weighted by Crippen LogP contribution is 2.23. The lowest BCUT2D eigenvalue weighted by Crippen LogP contribution is -2.18. The predicted molar refractivity (Wildman–Crippen MR) is 99.4 cm³/mol. The molecule has 0 aliphatic rings. The van der Waals surface area contributed by atoms with Gasteiger partial charge in [0.15, 0.2) is 0 Å². The third-order valence-corrected chi connectivity index (χ3v) is 5.75. The molecule has 3 aromatic rings. The number of nitrogens with one attached hydrogen (secondary N) is 2. The Morgan fingerprint density at radius 2 is 1.84 bits per heavy atom. The van der Waals surface area contributed by atoms with Crippen molar-refractivity contribution in [1.82, 2.24) is 9.71 Å². The maximum Gasteiger partial charge on any atom is 0.240 e. The van der Waals surface area contributed by atoms with Gasteiger partial charge in [-0.05, 0) is 58.9 Å². The number of nitrogens with zero attached hydrogens (tertiary/aromatic N) is 1. The Morgan fingerprint density at radius 3 is 2.52 bits per heavy atom. The number of aromatic nitrogens is 1. The van der Waals surface area contributed by atoms with Crippen molar-refractivity contribution in [2.75, 3.05) is 12.4 Å². The second kappa shape index (κ2) is 7.07. The maximum absolute atomic E-state index is 13.6. The Bertz CT molecular complexity index is 1020. The van der Waals surface area contributed by atoms with Gasteiger partial charge in [0.1, 0.15) is 11.6 Å². The third-order valence-electron chi connectivity index (χ3n) is 3.71. The first-order chi connectivity index (χ1) is 11.9. The number of hydrogen-bond acceptors (Lipinski definition) is 4. The van der Waals surface area contributed by atoms with E-state index in [4.69, 9.17) is 0 Å². The summed E-state index contributed by atoms with van der Waals surface area (Å²) in [4.78, 5) is 4.60. The van der Waals surface area contributed by atoms with Crippen LogP contribution in [0.5, 0.6) is 0 Å². The first-order valence-corrected chi connectivity index (χ1v) is 9.69. The maximum atomic E-state index is 13.6. The molecule has 0 unspecified atom stereocenters. The van der Waals surface area contributed by atoms with Crippen molar-refractivity contribution < 1.29 is 12.8 Å². The zero-order valence-electron chi connectivity index (χ0n) is 13.3. The van der Waals surface area contributed by atoms with Gasteiger partial charge >= 0.3 is 0 Å². The minimum Gasteiger partial charge on any atom is -0.366 e. The summed E-state index contributed by atoms with van der Waals surface area (Å²) in [5.41, 5.74) is 1.46. The molecule has 0 bridgehead atoms. The van der Waals surface area contributed by atoms with Crippen molar-refractivity contribution in [1.29, 1.82) is 0 Å². The normalized spacial score (nSPS) is 11.6. The van der Waals surface area contributed by atoms with Crippen LogP contribution in [0.4, 0.5) is 10.2 Å². The summed E-state index contributed by atoms with van der Waals surface area (Å²) in [5.74, 6) is 0.250. The zero-order valence-corrected chi connectivity index (χ0v) is 15.7. The van der Waals surface area contributed by atoms with Gasteiger partial charge < -0.3 is 5.32 Å². The van der Waals surface area contributed by atoms with E-state index < -0.39 is 10.0 Å². The van der Waals surface area contributed by atoms with Crippen molar-refractivity contribution in [2.45, 2.75) is 11.4 Å². The topological polar surface area (TPSA) is 71.1 Å². The van der Waals surface area contributed by atoms with E-state index >= 15 is 0 Å². The van der Waals surface area contributed by atoms with Gasteiger partial charge in [0, 0.05) is 18.0 Å². The summed E-state index contributed by atoms with van der Waals surface area (Å²) in [6.07, 6.45) is 0. The van der Waals surface area contributed by atoms with E-state index in [1.165, 1.54) is 13.1 Å². The summed E-state index contributed by atoms with van der Waals surface area (Å²) < 4.78 is 39.7. The van der Waals surface area contributed by atoms with Crippen LogP contribution in [0.2, 0.25) is 0 Å². The fourth-order valence-electron chi connectivity index (χ4n) is 2.31. The Hall–Kier alpha value is -2.03. The summed E-state index contributed by atoms with van der Waals surface area (Å²) in [7, 11) is -2.06. The van der Waals surface area contributed by atoms with Gasteiger partial charge in [-0.1, -0.05) is 12.1 Å². The number of hydrogen-bond donors (Lipinski definition) is 2. The molecule has 5 nitrogen and oxygen atoms in total. The molecule has 2 N–H and O–H groups in total. The number of pyridine rings is 1. The first kappa shape index (κ1) is 17.8. The van der Waals surface area contributed by atoms with E-state index in [1.54, 1.807) is 30.3 Å². The number of rotatable bonds is 5. The summed E-state index contributed by atoms with van der Waals surface area (Å²) in [5, 5.41) is 3.98. The van der Waals surface area contributed by atoms with Crippen LogP contribution in [0.25, 0.3) is 10.9 Å². The Balaban J connectivity index is 1.75. The van der Waals surface area contributed by atoms with Gasteiger partial charge in [0.25, 0.3) is 0 Å². The van der Waals surface area contributed by atoms with Crippen LogP contribution >= 0.6 is 15.9 Å². The van der Waals surface area contributed by atoms with Crippen molar-refractivity contribution in [3.05, 3.63) is 64.4 Å². The Labute approximate surface area is 153 Å². The van der Waals surface area contributed by atoms with E-state index in [2.05, 4.69) is 31.0 Å². The molecular formula is C17H15BrFN3O2S. The van der Waals surface area contributed by atoms with Crippen molar-refractivity contribution in [3.63, 3.8) is 0 Å². The summed E-state index contributed by atoms with van der Waals surface area (Å²) >= 11 is 3.16. The van der Waals surface area contributed by atoms with Crippen LogP contribution in [0.15, 0.2) is 57.9 Å². The molecule has 0 fully saturated rings. The molecule has 0 aliphatic heterocycles. The molecule has 0 atom stereocenters. The number of benzene rings is 2. The highest BCUT2D eigenvalue weighted by Gasteiger charge is 2.10. The van der Waals surface area contributed by atoms with Gasteiger partial charge in [0.2, 0.25) is 10.0 Å². The average Bonchev–Trinajstić information content (AvgIpc) is 2.61. The zero-order chi connectivity index (χ0) is 18.0. The SMILES string of the molecule is CNS(=O)(=O)c1ccc(CNc2ccc3cc(Br)c(F)cc3n2)cc1. The fourth-order valence-corrected chi connectivity index (χ4v) is 3.40. The lowest BCUT2D eigenvalue weighted by atomic mass is 10.2. The molecule has 2 aromatic carbocycles. The number of halogens is 2. The smallest absolute Gasteiger partial charge is 0.240 e. The van der Waals surface area contributed by atoms with Crippen molar-refractivity contribution in [2.24, 2.45) is 0 Å². The number of sulfonamides is 1. The van der Waals surface area contributed by atoms with Gasteiger partial charge in [-0.15, -0.1) is 0 Å². The van der Waals surface area contributed by atoms with Crippen molar-refractivity contribution >= 4 is 42.7 Å². The van der Waals surface area contributed by atoms with E-state index in [9.17, 15) is 12.8 Å². The van der Waals surface area contributed by atoms with Crippen LogP contribution < -0.4 is 10.0 Å². The molecular weight excluding hydrogens is 409 g/mol. The molecule has 3 rings (SSSR count). The molecule has 25 heavy (non-hydrogen) atoms. The largest absolute Gasteiger partial charge is 0.366 e. The number of anilines is 1. The average molecular weight is 424 g/mol. The predicted octanol–water partition coefficient (Wildman–Crippen LogP) is 3.66. The van der Waals surface area contributed by atoms with Gasteiger partial charge in [0.05, 0.1) is 14.9 Å². The van der Waals surface area contributed by atoms with Crippen LogP contribution in [-0.2, 0) is 16.6 Å². The van der Waals surface area contributed by atoms with E-state index in [0.717, 1.165) is 10.9 Å². The first-order valence-electron chi connectivity index (χ1n) is 7.41. The van der Waals surface area contributed by atoms with Crippen LogP contribution in [0.1, 0.15) is 5.56 Å².